The zero-order chi connectivity index (χ0) is 16.7. The second-order valence-corrected chi connectivity index (χ2v) is 8.25. The van der Waals surface area contributed by atoms with Gasteiger partial charge >= 0.3 is 0 Å². The van der Waals surface area contributed by atoms with E-state index in [9.17, 15) is 0 Å². The maximum Gasteiger partial charge on any atom is 0.178 e. The molecule has 126 valence electrons. The summed E-state index contributed by atoms with van der Waals surface area (Å²) in [5.41, 5.74) is 2.08. The van der Waals surface area contributed by atoms with Crippen molar-refractivity contribution in [1.82, 2.24) is 24.8 Å². The van der Waals surface area contributed by atoms with Crippen LogP contribution in [-0.4, -0.2) is 31.3 Å². The van der Waals surface area contributed by atoms with E-state index >= 15 is 0 Å². The lowest BCUT2D eigenvalue weighted by Crippen LogP contribution is -2.12. The Kier molecular flexibility index (Phi) is 3.75. The Balaban J connectivity index is 1.41. The lowest BCUT2D eigenvalue weighted by molar-refractivity contribution is 0.583. The smallest absolute Gasteiger partial charge is 0.178 e. The molecule has 0 unspecified atom stereocenters. The van der Waals surface area contributed by atoms with Gasteiger partial charge in [-0.3, -0.25) is 0 Å². The number of aromatic nitrogens is 5. The van der Waals surface area contributed by atoms with Gasteiger partial charge in [0.25, 0.3) is 0 Å². The van der Waals surface area contributed by atoms with Crippen molar-refractivity contribution in [2.75, 3.05) is 11.9 Å². The first-order valence-corrected chi connectivity index (χ1v) is 9.30. The summed E-state index contributed by atoms with van der Waals surface area (Å²) < 4.78 is 1.88. The highest BCUT2D eigenvalue weighted by atomic mass is 32.1. The van der Waals surface area contributed by atoms with Gasteiger partial charge in [-0.05, 0) is 25.0 Å². The zero-order valence-electron chi connectivity index (χ0n) is 14.3. The number of anilines is 1. The van der Waals surface area contributed by atoms with E-state index in [4.69, 9.17) is 4.98 Å². The molecule has 0 amide bonds. The summed E-state index contributed by atoms with van der Waals surface area (Å²) in [6, 6.07) is 3.93. The fourth-order valence-corrected chi connectivity index (χ4v) is 3.52. The summed E-state index contributed by atoms with van der Waals surface area (Å²) in [4.78, 5) is 4.73. The molecule has 0 radical (unpaired) electrons. The maximum absolute atomic E-state index is 4.73. The van der Waals surface area contributed by atoms with Gasteiger partial charge in [-0.15, -0.1) is 26.6 Å². The third-order valence-corrected chi connectivity index (χ3v) is 5.43. The van der Waals surface area contributed by atoms with Crippen molar-refractivity contribution < 1.29 is 0 Å². The molecular formula is C17H22N6S. The zero-order valence-corrected chi connectivity index (χ0v) is 15.1. The van der Waals surface area contributed by atoms with Crippen LogP contribution >= 0.6 is 11.3 Å². The van der Waals surface area contributed by atoms with Crippen LogP contribution in [0, 0.1) is 0 Å². The van der Waals surface area contributed by atoms with Crippen LogP contribution in [0.15, 0.2) is 17.5 Å². The van der Waals surface area contributed by atoms with Crippen LogP contribution in [-0.2, 0) is 11.8 Å². The summed E-state index contributed by atoms with van der Waals surface area (Å²) in [7, 11) is 0. The number of nitrogens with one attached hydrogen (secondary N) is 1. The lowest BCUT2D eigenvalue weighted by atomic mass is 9.98. The standard InChI is InChI=1S/C17H22N6S/c1-17(2,3)16-19-12(10-24-16)8-9-18-13-6-7-14-20-21-15(11-4-5-11)23(14)22-13/h6-7,10-11H,4-5,8-9H2,1-3H3,(H,18,22). The number of rotatable bonds is 5. The highest BCUT2D eigenvalue weighted by molar-refractivity contribution is 7.09. The number of thiazole rings is 1. The molecule has 1 fully saturated rings. The van der Waals surface area contributed by atoms with Crippen LogP contribution in [0.1, 0.15) is 56.1 Å². The molecule has 0 aromatic carbocycles. The Hall–Kier alpha value is -2.02. The first-order valence-electron chi connectivity index (χ1n) is 8.42. The topological polar surface area (TPSA) is 68.0 Å². The maximum atomic E-state index is 4.73. The summed E-state index contributed by atoms with van der Waals surface area (Å²) in [5, 5.41) is 19.8. The number of nitrogens with zero attached hydrogens (tertiary/aromatic N) is 5. The average Bonchev–Trinajstić information content (AvgIpc) is 3.10. The molecule has 1 N–H and O–H groups in total. The Morgan fingerprint density at radius 2 is 2.08 bits per heavy atom. The molecule has 0 aliphatic heterocycles. The molecule has 1 aliphatic carbocycles. The molecule has 1 saturated carbocycles. The van der Waals surface area contributed by atoms with Crippen LogP contribution < -0.4 is 5.32 Å². The van der Waals surface area contributed by atoms with Crippen molar-refractivity contribution >= 4 is 22.8 Å². The predicted molar refractivity (Wildman–Crippen MR) is 95.8 cm³/mol. The lowest BCUT2D eigenvalue weighted by Gasteiger charge is -2.13. The quantitative estimate of drug-likeness (QED) is 0.769. The normalized spacial score (nSPS) is 15.1. The van der Waals surface area contributed by atoms with Crippen LogP contribution in [0.3, 0.4) is 0 Å². The first kappa shape index (κ1) is 15.5. The SMILES string of the molecule is CC(C)(C)c1nc(CCNc2ccc3nnc(C4CC4)n3n2)cs1. The molecule has 0 spiro atoms. The van der Waals surface area contributed by atoms with E-state index in [1.54, 1.807) is 11.3 Å². The van der Waals surface area contributed by atoms with Crippen molar-refractivity contribution in [2.45, 2.75) is 51.4 Å². The van der Waals surface area contributed by atoms with Gasteiger partial charge in [-0.25, -0.2) is 4.98 Å². The molecule has 0 saturated heterocycles. The van der Waals surface area contributed by atoms with Gasteiger partial charge in [0.2, 0.25) is 0 Å². The van der Waals surface area contributed by atoms with E-state index in [0.29, 0.717) is 5.92 Å². The van der Waals surface area contributed by atoms with Gasteiger partial charge < -0.3 is 5.32 Å². The molecular weight excluding hydrogens is 320 g/mol. The number of hydrogen-bond acceptors (Lipinski definition) is 6. The van der Waals surface area contributed by atoms with Gasteiger partial charge in [0, 0.05) is 29.7 Å². The molecule has 6 nitrogen and oxygen atoms in total. The molecule has 0 atom stereocenters. The summed E-state index contributed by atoms with van der Waals surface area (Å²) >= 11 is 1.74. The van der Waals surface area contributed by atoms with Crippen LogP contribution in [0.2, 0.25) is 0 Å². The fraction of sp³-hybridized carbons (Fsp3) is 0.529. The van der Waals surface area contributed by atoms with E-state index in [0.717, 1.165) is 35.9 Å². The Morgan fingerprint density at radius 1 is 1.25 bits per heavy atom. The van der Waals surface area contributed by atoms with Crippen molar-refractivity contribution in [3.05, 3.63) is 34.0 Å². The summed E-state index contributed by atoms with van der Waals surface area (Å²) in [5.74, 6) is 2.38. The Morgan fingerprint density at radius 3 is 2.79 bits per heavy atom. The minimum atomic E-state index is 0.122. The largest absolute Gasteiger partial charge is 0.368 e. The van der Waals surface area contributed by atoms with Crippen molar-refractivity contribution in [1.29, 1.82) is 0 Å². The molecule has 7 heteroatoms. The number of hydrogen-bond donors (Lipinski definition) is 1. The minimum Gasteiger partial charge on any atom is -0.368 e. The van der Waals surface area contributed by atoms with Gasteiger partial charge in [0.15, 0.2) is 11.5 Å². The van der Waals surface area contributed by atoms with Gasteiger partial charge in [0.1, 0.15) is 5.82 Å². The average molecular weight is 342 g/mol. The summed E-state index contributed by atoms with van der Waals surface area (Å²) in [6.45, 7) is 7.41. The highest BCUT2D eigenvalue weighted by Crippen LogP contribution is 2.38. The van der Waals surface area contributed by atoms with Gasteiger partial charge in [-0.2, -0.15) is 4.52 Å². The molecule has 24 heavy (non-hydrogen) atoms. The van der Waals surface area contributed by atoms with Crippen molar-refractivity contribution in [3.63, 3.8) is 0 Å². The molecule has 3 heterocycles. The Bertz CT molecular complexity index is 855. The third kappa shape index (κ3) is 3.13. The second kappa shape index (κ2) is 5.81. The third-order valence-electron chi connectivity index (χ3n) is 4.11. The van der Waals surface area contributed by atoms with E-state index in [1.165, 1.54) is 17.8 Å². The molecule has 3 aromatic rings. The van der Waals surface area contributed by atoms with E-state index < -0.39 is 0 Å². The Labute approximate surface area is 145 Å². The van der Waals surface area contributed by atoms with Crippen molar-refractivity contribution in [3.8, 4) is 0 Å². The number of fused-ring (bicyclic) bond motifs is 1. The fourth-order valence-electron chi connectivity index (χ4n) is 2.58. The molecule has 4 rings (SSSR count). The van der Waals surface area contributed by atoms with Crippen LogP contribution in [0.5, 0.6) is 0 Å². The van der Waals surface area contributed by atoms with Gasteiger partial charge in [-0.1, -0.05) is 20.8 Å². The molecule has 3 aromatic heterocycles. The van der Waals surface area contributed by atoms with E-state index in [1.807, 2.05) is 16.6 Å². The van der Waals surface area contributed by atoms with Crippen molar-refractivity contribution in [2.24, 2.45) is 0 Å². The molecule has 0 bridgehead atoms. The van der Waals surface area contributed by atoms with Gasteiger partial charge in [0.05, 0.1) is 10.7 Å². The van der Waals surface area contributed by atoms with E-state index in [-0.39, 0.29) is 5.41 Å². The highest BCUT2D eigenvalue weighted by Gasteiger charge is 2.29. The second-order valence-electron chi connectivity index (χ2n) is 7.39. The first-order chi connectivity index (χ1) is 11.5. The van der Waals surface area contributed by atoms with Crippen LogP contribution in [0.4, 0.5) is 5.82 Å². The summed E-state index contributed by atoms with van der Waals surface area (Å²) in [6.07, 6.45) is 3.28. The predicted octanol–water partition coefficient (Wildman–Crippen LogP) is 3.41. The monoisotopic (exact) mass is 342 g/mol. The van der Waals surface area contributed by atoms with Crippen LogP contribution in [0.25, 0.3) is 5.65 Å². The van der Waals surface area contributed by atoms with E-state index in [2.05, 4.69) is 46.8 Å². The minimum absolute atomic E-state index is 0.122. The molecule has 1 aliphatic rings.